The highest BCUT2D eigenvalue weighted by Crippen LogP contribution is 2.38. The molecule has 3 saturated carbocycles. The first-order valence-electron chi connectivity index (χ1n) is 34.1. The number of rotatable bonds is 27. The Labute approximate surface area is 594 Å². The normalized spacial score (nSPS) is 19.3. The van der Waals surface area contributed by atoms with Crippen molar-refractivity contribution in [2.45, 2.75) is 191 Å². The van der Waals surface area contributed by atoms with E-state index in [1.54, 1.807) is 41.5 Å². The molecule has 0 radical (unpaired) electrons. The highest BCUT2D eigenvalue weighted by Gasteiger charge is 2.34. The van der Waals surface area contributed by atoms with Gasteiger partial charge in [0.25, 0.3) is 0 Å². The number of aliphatic hydroxyl groups is 3. The molecule has 99 heavy (non-hydrogen) atoms. The Morgan fingerprint density at radius 2 is 0.667 bits per heavy atom. The lowest BCUT2D eigenvalue weighted by atomic mass is 10.0. The predicted octanol–water partition coefficient (Wildman–Crippen LogP) is 9.96. The summed E-state index contributed by atoms with van der Waals surface area (Å²) in [5.41, 5.74) is -0.0557. The highest BCUT2D eigenvalue weighted by atomic mass is 35.5. The number of nitrogens with zero attached hydrogens (tertiary/aromatic N) is 9. The van der Waals surface area contributed by atoms with E-state index >= 15 is 0 Å². The SMILES string of the molecule is CC(C(=O)NC1CC1)c1ccc(O[C@@H]2CCN(c3ncnc(OCC(C)(C)O)c3Cl)C2)cc1.CC(C(=O)NC1CC1)c1ccc(O[C@@H]2CCN(c3ncnc(OCC(C)(C)O)c3Cl)C2)cc1.CC(C(=O)NC1CC1)c1ccc(O[C@@H]2CCN(c3ncnc(OCC(C)(C)O)c3Cl)C2)cc1. The number of aromatic nitrogens is 6. The monoisotopic (exact) mass is 1420 g/mol. The van der Waals surface area contributed by atoms with Crippen LogP contribution in [0.5, 0.6) is 34.9 Å². The third-order valence-corrected chi connectivity index (χ3v) is 18.2. The number of halogens is 3. The van der Waals surface area contributed by atoms with Crippen LogP contribution in [0.15, 0.2) is 91.8 Å². The summed E-state index contributed by atoms with van der Waals surface area (Å²) in [6.07, 6.45) is 13.1. The lowest BCUT2D eigenvalue weighted by Crippen LogP contribution is -2.29. The molecule has 6 atom stereocenters. The van der Waals surface area contributed by atoms with E-state index in [1.807, 2.05) is 108 Å². The minimum absolute atomic E-state index is 0.0155. The number of hydrogen-bond donors (Lipinski definition) is 6. The zero-order chi connectivity index (χ0) is 70.8. The molecule has 24 nitrogen and oxygen atoms in total. The van der Waals surface area contributed by atoms with Gasteiger partial charge in [-0.3, -0.25) is 14.4 Å². The smallest absolute Gasteiger partial charge is 0.238 e. The van der Waals surface area contributed by atoms with Crippen LogP contribution in [0.3, 0.4) is 0 Å². The van der Waals surface area contributed by atoms with Crippen LogP contribution in [0.1, 0.15) is 155 Å². The molecule has 6 aliphatic rings. The molecule has 3 unspecified atom stereocenters. The second-order valence-electron chi connectivity index (χ2n) is 28.4. The first kappa shape index (κ1) is 74.0. The first-order valence-corrected chi connectivity index (χ1v) is 35.2. The van der Waals surface area contributed by atoms with Gasteiger partial charge in [-0.15, -0.1) is 0 Å². The Morgan fingerprint density at radius 1 is 0.424 bits per heavy atom. The topological polar surface area (TPSA) is 290 Å². The van der Waals surface area contributed by atoms with Crippen molar-refractivity contribution in [1.82, 2.24) is 45.9 Å². The quantitative estimate of drug-likeness (QED) is 0.0279. The summed E-state index contributed by atoms with van der Waals surface area (Å²) in [4.78, 5) is 68.2. The van der Waals surface area contributed by atoms with Gasteiger partial charge in [0.15, 0.2) is 17.5 Å². The Hall–Kier alpha value is -7.74. The summed E-state index contributed by atoms with van der Waals surface area (Å²) in [7, 11) is 0. The summed E-state index contributed by atoms with van der Waals surface area (Å²) in [6, 6.07) is 24.3. The first-order chi connectivity index (χ1) is 47.1. The lowest BCUT2D eigenvalue weighted by Gasteiger charge is -2.21. The van der Waals surface area contributed by atoms with Gasteiger partial charge >= 0.3 is 0 Å². The summed E-state index contributed by atoms with van der Waals surface area (Å²) in [5.74, 6) is 4.50. The number of anilines is 3. The molecule has 12 rings (SSSR count). The Balaban J connectivity index is 0.000000161. The summed E-state index contributed by atoms with van der Waals surface area (Å²) >= 11 is 19.5. The van der Waals surface area contributed by atoms with Crippen molar-refractivity contribution in [2.75, 3.05) is 73.8 Å². The van der Waals surface area contributed by atoms with Gasteiger partial charge in [0, 0.05) is 57.0 Å². The van der Waals surface area contributed by atoms with Crippen LogP contribution >= 0.6 is 34.8 Å². The third-order valence-electron chi connectivity index (χ3n) is 17.2. The number of amides is 3. The van der Waals surface area contributed by atoms with Gasteiger partial charge in [0.1, 0.15) is 89.4 Å². The maximum atomic E-state index is 12.3. The van der Waals surface area contributed by atoms with E-state index in [4.69, 9.17) is 63.2 Å². The van der Waals surface area contributed by atoms with Crippen LogP contribution in [-0.4, -0.2) is 175 Å². The Morgan fingerprint density at radius 3 is 0.889 bits per heavy atom. The fraction of sp³-hybridized carbons (Fsp3) is 0.542. The zero-order valence-corrected chi connectivity index (χ0v) is 60.0. The molecule has 0 bridgehead atoms. The Bertz CT molecular complexity index is 3300. The second kappa shape index (κ2) is 32.7. The molecule has 6 N–H and O–H groups in total. The fourth-order valence-electron chi connectivity index (χ4n) is 11.0. The van der Waals surface area contributed by atoms with Gasteiger partial charge in [-0.25, -0.2) is 29.9 Å². The van der Waals surface area contributed by atoms with E-state index < -0.39 is 16.8 Å². The van der Waals surface area contributed by atoms with Crippen molar-refractivity contribution < 1.29 is 58.1 Å². The predicted molar refractivity (Wildman–Crippen MR) is 378 cm³/mol. The second-order valence-corrected chi connectivity index (χ2v) is 29.5. The molecule has 3 aromatic carbocycles. The van der Waals surface area contributed by atoms with Crippen molar-refractivity contribution >= 4 is 70.0 Å². The van der Waals surface area contributed by atoms with E-state index in [1.165, 1.54) is 19.0 Å². The van der Waals surface area contributed by atoms with Crippen molar-refractivity contribution in [3.05, 3.63) is 124 Å². The highest BCUT2D eigenvalue weighted by molar-refractivity contribution is 6.35. The zero-order valence-electron chi connectivity index (χ0n) is 57.8. The molecule has 3 saturated heterocycles. The molecule has 3 aliphatic carbocycles. The van der Waals surface area contributed by atoms with E-state index in [0.717, 1.165) is 111 Å². The molecule has 6 heterocycles. The van der Waals surface area contributed by atoms with Crippen LogP contribution in [0, 0.1) is 0 Å². The van der Waals surface area contributed by atoms with Crippen LogP contribution in [0.4, 0.5) is 17.5 Å². The third kappa shape index (κ3) is 22.1. The minimum atomic E-state index is -0.991. The summed E-state index contributed by atoms with van der Waals surface area (Å²) in [5, 5.41) is 39.8. The largest absolute Gasteiger partial charge is 0.489 e. The van der Waals surface area contributed by atoms with E-state index in [0.29, 0.717) is 70.3 Å². The van der Waals surface area contributed by atoms with Crippen LogP contribution in [0.25, 0.3) is 0 Å². The maximum absolute atomic E-state index is 12.3. The number of benzene rings is 3. The molecule has 3 amide bonds. The molecular weight excluding hydrogens is 1330 g/mol. The van der Waals surface area contributed by atoms with Crippen molar-refractivity contribution in [2.24, 2.45) is 0 Å². The molecule has 0 spiro atoms. The van der Waals surface area contributed by atoms with Crippen LogP contribution in [-0.2, 0) is 14.4 Å². The fourth-order valence-corrected chi connectivity index (χ4v) is 11.8. The van der Waals surface area contributed by atoms with Gasteiger partial charge in [-0.2, -0.15) is 0 Å². The average Bonchev–Trinajstić information content (AvgIpc) is 1.69. The Kier molecular flexibility index (Phi) is 24.4. The summed E-state index contributed by atoms with van der Waals surface area (Å²) in [6.45, 7) is 20.0. The molecule has 3 aromatic heterocycles. The van der Waals surface area contributed by atoms with Gasteiger partial charge in [0.05, 0.1) is 54.2 Å². The van der Waals surface area contributed by atoms with E-state index in [2.05, 4.69) is 45.9 Å². The molecular formula is C72H93Cl3N12O12. The number of carbonyl (C=O) groups is 3. The molecule has 6 aromatic rings. The summed E-state index contributed by atoms with van der Waals surface area (Å²) < 4.78 is 35.2. The van der Waals surface area contributed by atoms with Gasteiger partial charge in [-0.1, -0.05) is 71.2 Å². The molecule has 27 heteroatoms. The average molecular weight is 1420 g/mol. The van der Waals surface area contributed by atoms with Crippen LogP contribution in [0.2, 0.25) is 15.1 Å². The van der Waals surface area contributed by atoms with Crippen molar-refractivity contribution in [3.63, 3.8) is 0 Å². The van der Waals surface area contributed by atoms with E-state index in [-0.39, 0.29) is 91.2 Å². The van der Waals surface area contributed by atoms with Gasteiger partial charge < -0.3 is 74.4 Å². The number of carbonyl (C=O) groups excluding carboxylic acids is 3. The maximum Gasteiger partial charge on any atom is 0.238 e. The van der Waals surface area contributed by atoms with Gasteiger partial charge in [0.2, 0.25) is 35.4 Å². The van der Waals surface area contributed by atoms with Crippen molar-refractivity contribution in [3.8, 4) is 34.9 Å². The van der Waals surface area contributed by atoms with E-state index in [9.17, 15) is 29.7 Å². The van der Waals surface area contributed by atoms with Crippen LogP contribution < -0.4 is 59.1 Å². The molecule has 534 valence electrons. The molecule has 6 fully saturated rings. The molecule has 3 aliphatic heterocycles. The van der Waals surface area contributed by atoms with Gasteiger partial charge in [-0.05, 0) is 154 Å². The number of ether oxygens (including phenoxy) is 6. The van der Waals surface area contributed by atoms with Crippen molar-refractivity contribution in [1.29, 1.82) is 0 Å². The number of hydrogen-bond acceptors (Lipinski definition) is 21. The minimum Gasteiger partial charge on any atom is -0.489 e. The number of nitrogens with one attached hydrogen (secondary N) is 3. The lowest BCUT2D eigenvalue weighted by molar-refractivity contribution is -0.123. The standard InChI is InChI=1S/3C24H31ClN4O4/c3*1-15(22(30)28-17-6-7-17)16-4-8-18(9-5-16)33-19-10-11-29(12-19)21-20(25)23(27-14-26-21)32-13-24(2,3)31/h3*4-5,8-9,14-15,17,19,31H,6-7,10-13H2,1-3H3,(H,28,30)/t3*15?,19-/m111/s1.